The summed E-state index contributed by atoms with van der Waals surface area (Å²) in [5, 5.41) is 13.7. The zero-order valence-electron chi connectivity index (χ0n) is 14.7. The van der Waals surface area contributed by atoms with Crippen molar-refractivity contribution in [3.05, 3.63) is 63.7 Å². The van der Waals surface area contributed by atoms with Crippen molar-refractivity contribution in [3.8, 4) is 5.75 Å². The molecule has 0 aromatic heterocycles. The first kappa shape index (κ1) is 18.9. The number of amides is 2. The van der Waals surface area contributed by atoms with E-state index in [9.17, 15) is 19.7 Å². The number of benzene rings is 2. The number of carbonyl (C=O) groups is 2. The molecule has 0 aliphatic rings. The van der Waals surface area contributed by atoms with Crippen LogP contribution in [0.1, 0.15) is 15.9 Å². The van der Waals surface area contributed by atoms with Gasteiger partial charge in [-0.25, -0.2) is 0 Å². The van der Waals surface area contributed by atoms with E-state index in [2.05, 4.69) is 5.32 Å². The Labute approximate surface area is 150 Å². The molecule has 0 unspecified atom stereocenters. The largest absolute Gasteiger partial charge is 0.477 e. The van der Waals surface area contributed by atoms with E-state index >= 15 is 0 Å². The van der Waals surface area contributed by atoms with E-state index in [4.69, 9.17) is 4.74 Å². The smallest absolute Gasteiger partial charge is 0.311 e. The Morgan fingerprint density at radius 1 is 1.19 bits per heavy atom. The fourth-order valence-electron chi connectivity index (χ4n) is 2.22. The number of anilines is 1. The van der Waals surface area contributed by atoms with Crippen molar-refractivity contribution in [2.45, 2.75) is 6.92 Å². The maximum atomic E-state index is 12.0. The highest BCUT2D eigenvalue weighted by Gasteiger charge is 2.16. The number of nitro benzene ring substituents is 1. The van der Waals surface area contributed by atoms with Gasteiger partial charge in [0.2, 0.25) is 0 Å². The minimum Gasteiger partial charge on any atom is -0.477 e. The molecule has 0 radical (unpaired) electrons. The topological polar surface area (TPSA) is 102 Å². The highest BCUT2D eigenvalue weighted by Crippen LogP contribution is 2.27. The van der Waals surface area contributed by atoms with Gasteiger partial charge in [-0.2, -0.15) is 0 Å². The normalized spacial score (nSPS) is 10.1. The highest BCUT2D eigenvalue weighted by molar-refractivity contribution is 5.97. The van der Waals surface area contributed by atoms with Crippen LogP contribution in [-0.2, 0) is 4.79 Å². The van der Waals surface area contributed by atoms with Crippen LogP contribution in [0.25, 0.3) is 0 Å². The molecule has 2 rings (SSSR count). The minimum absolute atomic E-state index is 0.0206. The van der Waals surface area contributed by atoms with E-state index < -0.39 is 17.4 Å². The maximum absolute atomic E-state index is 12.0. The average Bonchev–Trinajstić information content (AvgIpc) is 2.60. The molecule has 2 aromatic rings. The Morgan fingerprint density at radius 3 is 2.58 bits per heavy atom. The van der Waals surface area contributed by atoms with E-state index in [1.54, 1.807) is 51.4 Å². The lowest BCUT2D eigenvalue weighted by atomic mass is 10.2. The number of hydrogen-bond donors (Lipinski definition) is 1. The Kier molecular flexibility index (Phi) is 5.90. The van der Waals surface area contributed by atoms with Gasteiger partial charge in [0.05, 0.1) is 4.92 Å². The molecule has 0 fully saturated rings. The number of nitrogens with zero attached hydrogens (tertiary/aromatic N) is 2. The number of carbonyl (C=O) groups excluding carboxylic acids is 2. The molecule has 0 saturated heterocycles. The molecule has 0 saturated carbocycles. The summed E-state index contributed by atoms with van der Waals surface area (Å²) in [6, 6.07) is 11.0. The van der Waals surface area contributed by atoms with Gasteiger partial charge >= 0.3 is 5.69 Å². The summed E-state index contributed by atoms with van der Waals surface area (Å²) in [5.74, 6) is -0.658. The quantitative estimate of drug-likeness (QED) is 0.632. The number of rotatable bonds is 6. The van der Waals surface area contributed by atoms with Gasteiger partial charge in [0, 0.05) is 31.4 Å². The predicted molar refractivity (Wildman–Crippen MR) is 96.4 cm³/mol. The monoisotopic (exact) mass is 357 g/mol. The molecule has 1 N–H and O–H groups in total. The molecule has 0 bridgehead atoms. The highest BCUT2D eigenvalue weighted by atomic mass is 16.6. The van der Waals surface area contributed by atoms with E-state index in [0.29, 0.717) is 11.3 Å². The van der Waals surface area contributed by atoms with E-state index in [1.807, 2.05) is 0 Å². The lowest BCUT2D eigenvalue weighted by Gasteiger charge is -2.12. The molecule has 0 aliphatic carbocycles. The predicted octanol–water partition coefficient (Wildman–Crippen LogP) is 2.62. The van der Waals surface area contributed by atoms with Crippen molar-refractivity contribution in [1.29, 1.82) is 0 Å². The first-order valence-corrected chi connectivity index (χ1v) is 7.77. The standard InChI is InChI=1S/C18H19N3O5/c1-12-7-8-16(15(9-12)21(24)25)26-11-17(22)19-14-6-4-5-13(10-14)18(23)20(2)3/h4-10H,11H2,1-3H3,(H,19,22). The third-order valence-corrected chi connectivity index (χ3v) is 3.47. The van der Waals surface area contributed by atoms with E-state index in [1.165, 1.54) is 17.0 Å². The molecular formula is C18H19N3O5. The zero-order chi connectivity index (χ0) is 19.3. The second-order valence-electron chi connectivity index (χ2n) is 5.85. The molecule has 8 heteroatoms. The molecule has 8 nitrogen and oxygen atoms in total. The summed E-state index contributed by atoms with van der Waals surface area (Å²) >= 11 is 0. The van der Waals surface area contributed by atoms with Crippen molar-refractivity contribution < 1.29 is 19.2 Å². The molecule has 2 aromatic carbocycles. The number of aryl methyl sites for hydroxylation is 1. The van der Waals surface area contributed by atoms with Crippen LogP contribution < -0.4 is 10.1 Å². The van der Waals surface area contributed by atoms with E-state index in [0.717, 1.165) is 5.56 Å². The molecule has 26 heavy (non-hydrogen) atoms. The summed E-state index contributed by atoms with van der Waals surface area (Å²) in [4.78, 5) is 35.9. The molecule has 136 valence electrons. The fraction of sp³-hybridized carbons (Fsp3) is 0.222. The van der Waals surface area contributed by atoms with Crippen LogP contribution in [0.3, 0.4) is 0 Å². The first-order valence-electron chi connectivity index (χ1n) is 7.77. The van der Waals surface area contributed by atoms with Gasteiger partial charge in [-0.1, -0.05) is 12.1 Å². The van der Waals surface area contributed by atoms with Crippen molar-refractivity contribution >= 4 is 23.2 Å². The second kappa shape index (κ2) is 8.11. The average molecular weight is 357 g/mol. The SMILES string of the molecule is Cc1ccc(OCC(=O)Nc2cccc(C(=O)N(C)C)c2)c([N+](=O)[O-])c1. The van der Waals surface area contributed by atoms with Crippen LogP contribution >= 0.6 is 0 Å². The van der Waals surface area contributed by atoms with Gasteiger partial charge in [-0.3, -0.25) is 19.7 Å². The van der Waals surface area contributed by atoms with Gasteiger partial charge in [0.25, 0.3) is 11.8 Å². The van der Waals surface area contributed by atoms with Gasteiger partial charge in [-0.05, 0) is 36.8 Å². The first-order chi connectivity index (χ1) is 12.3. The number of nitro groups is 1. The number of hydrogen-bond acceptors (Lipinski definition) is 5. The van der Waals surface area contributed by atoms with Crippen molar-refractivity contribution in [2.75, 3.05) is 26.0 Å². The summed E-state index contributed by atoms with van der Waals surface area (Å²) < 4.78 is 5.27. The Bertz CT molecular complexity index is 848. The third-order valence-electron chi connectivity index (χ3n) is 3.47. The van der Waals surface area contributed by atoms with Crippen LogP contribution in [0, 0.1) is 17.0 Å². The summed E-state index contributed by atoms with van der Waals surface area (Å²) in [6.07, 6.45) is 0. The van der Waals surface area contributed by atoms with Gasteiger partial charge in [-0.15, -0.1) is 0 Å². The molecule has 0 spiro atoms. The van der Waals surface area contributed by atoms with Crippen LogP contribution in [0.4, 0.5) is 11.4 Å². The molecule has 0 aliphatic heterocycles. The summed E-state index contributed by atoms with van der Waals surface area (Å²) in [7, 11) is 3.27. The Hall–Kier alpha value is -3.42. The Morgan fingerprint density at radius 2 is 1.92 bits per heavy atom. The van der Waals surface area contributed by atoms with Gasteiger partial charge in [0.15, 0.2) is 12.4 Å². The van der Waals surface area contributed by atoms with E-state index in [-0.39, 0.29) is 17.3 Å². The van der Waals surface area contributed by atoms with Crippen LogP contribution in [-0.4, -0.2) is 42.3 Å². The Balaban J connectivity index is 2.03. The van der Waals surface area contributed by atoms with Gasteiger partial charge < -0.3 is 15.0 Å². The number of ether oxygens (including phenoxy) is 1. The van der Waals surface area contributed by atoms with Crippen molar-refractivity contribution in [3.63, 3.8) is 0 Å². The summed E-state index contributed by atoms with van der Waals surface area (Å²) in [5.41, 5.74) is 1.39. The second-order valence-corrected chi connectivity index (χ2v) is 5.85. The van der Waals surface area contributed by atoms with Crippen molar-refractivity contribution in [2.24, 2.45) is 0 Å². The zero-order valence-corrected chi connectivity index (χ0v) is 14.7. The maximum Gasteiger partial charge on any atom is 0.311 e. The third kappa shape index (κ3) is 4.79. The lowest BCUT2D eigenvalue weighted by molar-refractivity contribution is -0.385. The van der Waals surface area contributed by atoms with Crippen LogP contribution in [0.15, 0.2) is 42.5 Å². The molecule has 2 amide bonds. The van der Waals surface area contributed by atoms with Gasteiger partial charge in [0.1, 0.15) is 0 Å². The lowest BCUT2D eigenvalue weighted by Crippen LogP contribution is -2.23. The molecule has 0 heterocycles. The molecule has 0 atom stereocenters. The van der Waals surface area contributed by atoms with Crippen LogP contribution in [0.5, 0.6) is 5.75 Å². The van der Waals surface area contributed by atoms with Crippen LogP contribution in [0.2, 0.25) is 0 Å². The fourth-order valence-corrected chi connectivity index (χ4v) is 2.22. The minimum atomic E-state index is -0.559. The molecular weight excluding hydrogens is 338 g/mol. The number of nitrogens with one attached hydrogen (secondary N) is 1. The summed E-state index contributed by atoms with van der Waals surface area (Å²) in [6.45, 7) is 1.33. The van der Waals surface area contributed by atoms with Crippen molar-refractivity contribution in [1.82, 2.24) is 4.90 Å².